The lowest BCUT2D eigenvalue weighted by atomic mass is 10.0. The molecule has 44 heavy (non-hydrogen) atoms. The Morgan fingerprint density at radius 1 is 0.477 bits per heavy atom. The minimum absolute atomic E-state index is 0.626. The van der Waals surface area contributed by atoms with Crippen LogP contribution in [0.4, 0.5) is 0 Å². The fourth-order valence-electron chi connectivity index (χ4n) is 6.75. The second-order valence-electron chi connectivity index (χ2n) is 11.1. The molecule has 0 saturated heterocycles. The molecule has 0 amide bonds. The molecular formula is C38H21N5S. The molecule has 6 heteroatoms. The van der Waals surface area contributed by atoms with Crippen LogP contribution in [0.2, 0.25) is 0 Å². The molecule has 4 aromatic heterocycles. The number of fused-ring (bicyclic) bond motifs is 13. The maximum Gasteiger partial charge on any atom is 0.235 e. The smallest absolute Gasteiger partial charge is 0.235 e. The largest absolute Gasteiger partial charge is 0.278 e. The number of thiophene rings is 1. The van der Waals surface area contributed by atoms with Crippen molar-refractivity contribution in [1.29, 1.82) is 0 Å². The summed E-state index contributed by atoms with van der Waals surface area (Å²) in [5.41, 5.74) is 4.78. The summed E-state index contributed by atoms with van der Waals surface area (Å²) in [6.45, 7) is 0. The number of rotatable bonds is 2. The van der Waals surface area contributed by atoms with Crippen LogP contribution in [0.1, 0.15) is 0 Å². The zero-order chi connectivity index (χ0) is 28.8. The van der Waals surface area contributed by atoms with E-state index in [1.54, 1.807) is 0 Å². The first-order valence-corrected chi connectivity index (χ1v) is 15.4. The van der Waals surface area contributed by atoms with Crippen LogP contribution in [0.15, 0.2) is 128 Å². The lowest BCUT2D eigenvalue weighted by Gasteiger charge is -2.12. The van der Waals surface area contributed by atoms with Crippen LogP contribution in [0.5, 0.6) is 0 Å². The third kappa shape index (κ3) is 3.23. The fourth-order valence-corrected chi connectivity index (χ4v) is 8.01. The molecule has 0 N–H and O–H groups in total. The maximum atomic E-state index is 5.32. The maximum absolute atomic E-state index is 5.32. The van der Waals surface area contributed by atoms with Gasteiger partial charge in [0.15, 0.2) is 5.82 Å². The Bertz CT molecular complexity index is 2780. The number of nitrogens with zero attached hydrogens (tertiary/aromatic N) is 5. The van der Waals surface area contributed by atoms with Crippen LogP contribution in [0.3, 0.4) is 0 Å². The topological polar surface area (TPSA) is 56.5 Å². The Labute approximate surface area is 254 Å². The Morgan fingerprint density at radius 2 is 1.14 bits per heavy atom. The number of benzene rings is 6. The molecule has 0 saturated carbocycles. The highest BCUT2D eigenvalue weighted by molar-refractivity contribution is 7.26. The minimum Gasteiger partial charge on any atom is -0.278 e. The zero-order valence-corrected chi connectivity index (χ0v) is 24.1. The van der Waals surface area contributed by atoms with Crippen molar-refractivity contribution in [2.75, 3.05) is 0 Å². The van der Waals surface area contributed by atoms with E-state index < -0.39 is 0 Å². The molecule has 0 unspecified atom stereocenters. The quantitative estimate of drug-likeness (QED) is 0.191. The van der Waals surface area contributed by atoms with Gasteiger partial charge in [-0.25, -0.2) is 19.9 Å². The van der Waals surface area contributed by atoms with Gasteiger partial charge >= 0.3 is 0 Å². The van der Waals surface area contributed by atoms with Crippen molar-refractivity contribution in [3.8, 4) is 17.3 Å². The molecule has 6 aromatic carbocycles. The summed E-state index contributed by atoms with van der Waals surface area (Å²) >= 11 is 1.85. The van der Waals surface area contributed by atoms with E-state index in [0.717, 1.165) is 49.2 Å². The van der Waals surface area contributed by atoms with E-state index in [1.807, 2.05) is 54.1 Å². The fraction of sp³-hybridized carbons (Fsp3) is 0. The van der Waals surface area contributed by atoms with E-state index >= 15 is 0 Å². The molecule has 0 spiro atoms. The van der Waals surface area contributed by atoms with E-state index in [4.69, 9.17) is 19.9 Å². The molecule has 0 aliphatic carbocycles. The van der Waals surface area contributed by atoms with Gasteiger partial charge in [0.25, 0.3) is 0 Å². The monoisotopic (exact) mass is 579 g/mol. The standard InChI is InChI=1S/C38H21N5S/c1-2-10-22(11-3-1)37-39-20-28-23-12-4-5-13-24(23)29-21-40-38(42-35(29)34(28)41-37)43-30-16-8-6-15-27(30)33-31(43)19-18-26-25-14-7-9-17-32(25)44-36(26)33/h1-21H. The molecular weight excluding hydrogens is 559 g/mol. The SMILES string of the molecule is c1ccc(-c2ncc3c4ccccc4c4cnc(-n5c6ccccc6c6c7sc8ccccc8c7ccc65)nc4c3n2)cc1. The third-order valence-corrected chi connectivity index (χ3v) is 9.91. The van der Waals surface area contributed by atoms with Crippen LogP contribution in [0.25, 0.3) is 91.9 Å². The Morgan fingerprint density at radius 3 is 1.95 bits per heavy atom. The summed E-state index contributed by atoms with van der Waals surface area (Å²) in [5, 5.41) is 9.14. The summed E-state index contributed by atoms with van der Waals surface area (Å²) < 4.78 is 4.78. The van der Waals surface area contributed by atoms with Crippen LogP contribution in [-0.2, 0) is 0 Å². The van der Waals surface area contributed by atoms with Crippen molar-refractivity contribution >= 4 is 85.9 Å². The summed E-state index contributed by atoms with van der Waals surface area (Å²) in [6.07, 6.45) is 3.90. The van der Waals surface area contributed by atoms with E-state index in [9.17, 15) is 0 Å². The van der Waals surface area contributed by atoms with Gasteiger partial charge in [-0.15, -0.1) is 11.3 Å². The second kappa shape index (κ2) is 8.89. The van der Waals surface area contributed by atoms with E-state index in [2.05, 4.69) is 89.5 Å². The van der Waals surface area contributed by atoms with Crippen LogP contribution < -0.4 is 0 Å². The molecule has 10 rings (SSSR count). The predicted octanol–water partition coefficient (Wildman–Crippen LogP) is 9.86. The van der Waals surface area contributed by atoms with Crippen molar-refractivity contribution in [2.45, 2.75) is 0 Å². The van der Waals surface area contributed by atoms with Crippen molar-refractivity contribution in [1.82, 2.24) is 24.5 Å². The molecule has 4 heterocycles. The van der Waals surface area contributed by atoms with E-state index in [0.29, 0.717) is 11.8 Å². The number of hydrogen-bond donors (Lipinski definition) is 0. The van der Waals surface area contributed by atoms with Crippen molar-refractivity contribution in [2.24, 2.45) is 0 Å². The van der Waals surface area contributed by atoms with Crippen LogP contribution in [0, 0.1) is 0 Å². The number of aromatic nitrogens is 5. The van der Waals surface area contributed by atoms with Gasteiger partial charge in [-0.1, -0.05) is 97.1 Å². The van der Waals surface area contributed by atoms with Crippen molar-refractivity contribution < 1.29 is 0 Å². The molecule has 0 atom stereocenters. The van der Waals surface area contributed by atoms with E-state index in [-0.39, 0.29) is 0 Å². The summed E-state index contributed by atoms with van der Waals surface area (Å²) in [5.74, 6) is 1.31. The summed E-state index contributed by atoms with van der Waals surface area (Å²) in [4.78, 5) is 20.2. The minimum atomic E-state index is 0.626. The molecule has 0 aliphatic heterocycles. The van der Waals surface area contributed by atoms with Gasteiger partial charge in [0.1, 0.15) is 11.0 Å². The molecule has 5 nitrogen and oxygen atoms in total. The van der Waals surface area contributed by atoms with Gasteiger partial charge in [0, 0.05) is 59.7 Å². The Balaban J connectivity index is 1.33. The first kappa shape index (κ1) is 23.8. The van der Waals surface area contributed by atoms with Gasteiger partial charge in [0.05, 0.1) is 11.0 Å². The third-order valence-electron chi connectivity index (χ3n) is 8.71. The number of para-hydroxylation sites is 1. The highest BCUT2D eigenvalue weighted by Gasteiger charge is 2.20. The predicted molar refractivity (Wildman–Crippen MR) is 183 cm³/mol. The van der Waals surface area contributed by atoms with Gasteiger partial charge in [-0.2, -0.15) is 0 Å². The highest BCUT2D eigenvalue weighted by Crippen LogP contribution is 2.43. The molecule has 0 aliphatic rings. The summed E-state index contributed by atoms with van der Waals surface area (Å²) in [7, 11) is 0. The van der Waals surface area contributed by atoms with Gasteiger partial charge in [0.2, 0.25) is 5.95 Å². The molecule has 0 radical (unpaired) electrons. The number of hydrogen-bond acceptors (Lipinski definition) is 5. The first-order valence-electron chi connectivity index (χ1n) is 14.6. The average molecular weight is 580 g/mol. The van der Waals surface area contributed by atoms with Gasteiger partial charge in [-0.05, 0) is 29.0 Å². The summed E-state index contributed by atoms with van der Waals surface area (Å²) in [6, 6.07) is 40.2. The van der Waals surface area contributed by atoms with Crippen LogP contribution in [-0.4, -0.2) is 24.5 Å². The average Bonchev–Trinajstić information content (AvgIpc) is 3.64. The van der Waals surface area contributed by atoms with E-state index in [1.165, 1.54) is 30.9 Å². The van der Waals surface area contributed by atoms with Crippen molar-refractivity contribution in [3.05, 3.63) is 128 Å². The van der Waals surface area contributed by atoms with Crippen molar-refractivity contribution in [3.63, 3.8) is 0 Å². The Kier molecular flexibility index (Phi) is 4.81. The molecule has 204 valence electrons. The lowest BCUT2D eigenvalue weighted by molar-refractivity contribution is 1.01. The van der Waals surface area contributed by atoms with Gasteiger partial charge in [-0.3, -0.25) is 4.57 Å². The molecule has 10 aromatic rings. The molecule has 0 bridgehead atoms. The first-order chi connectivity index (χ1) is 21.8. The molecule has 0 fully saturated rings. The van der Waals surface area contributed by atoms with Gasteiger partial charge < -0.3 is 0 Å². The Hall–Kier alpha value is -5.72. The van der Waals surface area contributed by atoms with Crippen LogP contribution >= 0.6 is 11.3 Å². The highest BCUT2D eigenvalue weighted by atomic mass is 32.1. The zero-order valence-electron chi connectivity index (χ0n) is 23.3. The lowest BCUT2D eigenvalue weighted by Crippen LogP contribution is -2.02. The second-order valence-corrected chi connectivity index (χ2v) is 12.1. The normalized spacial score (nSPS) is 12.1.